The lowest BCUT2D eigenvalue weighted by atomic mass is 9.98. The molecule has 0 spiro atoms. The van der Waals surface area contributed by atoms with Crippen LogP contribution in [0.4, 0.5) is 0 Å². The number of aromatic nitrogens is 2. The lowest BCUT2D eigenvalue weighted by Gasteiger charge is -2.22. The van der Waals surface area contributed by atoms with Gasteiger partial charge < -0.3 is 5.32 Å². The molecule has 0 aliphatic heterocycles. The fourth-order valence-corrected chi connectivity index (χ4v) is 2.55. The van der Waals surface area contributed by atoms with Crippen molar-refractivity contribution in [3.63, 3.8) is 0 Å². The highest BCUT2D eigenvalue weighted by Crippen LogP contribution is 2.28. The number of nitrogens with zero attached hydrogens (tertiary/aromatic N) is 2. The van der Waals surface area contributed by atoms with E-state index in [0.717, 1.165) is 23.7 Å². The van der Waals surface area contributed by atoms with Crippen molar-refractivity contribution in [3.05, 3.63) is 52.3 Å². The molecule has 0 aliphatic rings. The van der Waals surface area contributed by atoms with Crippen LogP contribution in [0.2, 0.25) is 5.02 Å². The second-order valence-corrected chi connectivity index (χ2v) is 4.92. The van der Waals surface area contributed by atoms with Crippen molar-refractivity contribution in [2.45, 2.75) is 33.4 Å². The minimum absolute atomic E-state index is 0.131. The van der Waals surface area contributed by atoms with Gasteiger partial charge in [0.15, 0.2) is 0 Å². The number of hydrogen-bond donors (Lipinski definition) is 1. The Morgan fingerprint density at radius 3 is 2.79 bits per heavy atom. The highest BCUT2D eigenvalue weighted by molar-refractivity contribution is 6.31. The Morgan fingerprint density at radius 1 is 1.32 bits per heavy atom. The molecule has 1 unspecified atom stereocenters. The number of hydrogen-bond acceptors (Lipinski definition) is 2. The van der Waals surface area contributed by atoms with Crippen LogP contribution in [0.1, 0.15) is 36.7 Å². The van der Waals surface area contributed by atoms with Gasteiger partial charge in [0.25, 0.3) is 0 Å². The molecule has 1 N–H and O–H groups in total. The third kappa shape index (κ3) is 2.82. The zero-order valence-corrected chi connectivity index (χ0v) is 12.4. The molecule has 0 fully saturated rings. The van der Waals surface area contributed by atoms with Crippen molar-refractivity contribution in [1.82, 2.24) is 15.1 Å². The van der Waals surface area contributed by atoms with Gasteiger partial charge in [-0.2, -0.15) is 5.10 Å². The summed E-state index contributed by atoms with van der Waals surface area (Å²) in [6, 6.07) is 8.26. The molecule has 4 heteroatoms. The Hall–Kier alpha value is -1.32. The van der Waals surface area contributed by atoms with E-state index < -0.39 is 0 Å². The van der Waals surface area contributed by atoms with Crippen LogP contribution in [0.3, 0.4) is 0 Å². The number of rotatable bonds is 5. The Balaban J connectivity index is 2.48. The highest BCUT2D eigenvalue weighted by atomic mass is 35.5. The predicted molar refractivity (Wildman–Crippen MR) is 79.6 cm³/mol. The minimum Gasteiger partial charge on any atom is -0.305 e. The largest absolute Gasteiger partial charge is 0.305 e. The average Bonchev–Trinajstić information content (AvgIpc) is 2.88. The second-order valence-electron chi connectivity index (χ2n) is 4.52. The van der Waals surface area contributed by atoms with Crippen molar-refractivity contribution < 1.29 is 0 Å². The number of aryl methyl sites for hydroxylation is 1. The van der Waals surface area contributed by atoms with Gasteiger partial charge in [-0.1, -0.05) is 30.7 Å². The molecule has 2 aromatic rings. The standard InChI is InChI=1S/C15H20ClN3/c1-4-17-15(14-9-10-18-19(14)5-2)12-7-6-8-13(16)11(12)3/h6-10,15,17H,4-5H2,1-3H3. The lowest BCUT2D eigenvalue weighted by molar-refractivity contribution is 0.541. The highest BCUT2D eigenvalue weighted by Gasteiger charge is 2.19. The molecule has 0 radical (unpaired) electrons. The zero-order valence-electron chi connectivity index (χ0n) is 11.7. The van der Waals surface area contributed by atoms with Gasteiger partial charge in [-0.3, -0.25) is 4.68 Å². The summed E-state index contributed by atoms with van der Waals surface area (Å²) in [5.41, 5.74) is 3.51. The van der Waals surface area contributed by atoms with Gasteiger partial charge in [-0.15, -0.1) is 0 Å². The van der Waals surface area contributed by atoms with E-state index in [9.17, 15) is 0 Å². The van der Waals surface area contributed by atoms with Crippen molar-refractivity contribution in [2.75, 3.05) is 6.54 Å². The molecule has 0 saturated carbocycles. The van der Waals surface area contributed by atoms with Crippen molar-refractivity contribution >= 4 is 11.6 Å². The van der Waals surface area contributed by atoms with Crippen LogP contribution in [-0.2, 0) is 6.54 Å². The fourth-order valence-electron chi connectivity index (χ4n) is 2.37. The summed E-state index contributed by atoms with van der Waals surface area (Å²) in [7, 11) is 0. The van der Waals surface area contributed by atoms with Crippen molar-refractivity contribution in [3.8, 4) is 0 Å². The van der Waals surface area contributed by atoms with Gasteiger partial charge in [0, 0.05) is 17.8 Å². The molecule has 0 bridgehead atoms. The van der Waals surface area contributed by atoms with Crippen LogP contribution in [0, 0.1) is 6.92 Å². The summed E-state index contributed by atoms with van der Waals surface area (Å²) in [6.07, 6.45) is 1.85. The van der Waals surface area contributed by atoms with Gasteiger partial charge in [-0.25, -0.2) is 0 Å². The SMILES string of the molecule is CCNC(c1cccc(Cl)c1C)c1ccnn1CC. The molecule has 0 amide bonds. The van der Waals surface area contributed by atoms with Crippen LogP contribution in [0.15, 0.2) is 30.5 Å². The zero-order chi connectivity index (χ0) is 13.8. The molecular weight excluding hydrogens is 258 g/mol. The average molecular weight is 278 g/mol. The molecule has 0 aliphatic carbocycles. The van der Waals surface area contributed by atoms with Crippen LogP contribution < -0.4 is 5.32 Å². The van der Waals surface area contributed by atoms with Crippen LogP contribution in [0.25, 0.3) is 0 Å². The van der Waals surface area contributed by atoms with Gasteiger partial charge in [-0.05, 0) is 43.7 Å². The Morgan fingerprint density at radius 2 is 2.11 bits per heavy atom. The predicted octanol–water partition coefficient (Wildman–Crippen LogP) is 3.56. The minimum atomic E-state index is 0.131. The normalized spacial score (nSPS) is 12.6. The van der Waals surface area contributed by atoms with Gasteiger partial charge in [0.2, 0.25) is 0 Å². The van der Waals surface area contributed by atoms with E-state index in [1.807, 2.05) is 23.0 Å². The summed E-state index contributed by atoms with van der Waals surface area (Å²) < 4.78 is 2.02. The summed E-state index contributed by atoms with van der Waals surface area (Å²) in [4.78, 5) is 0. The second kappa shape index (κ2) is 6.22. The Labute approximate surface area is 119 Å². The molecule has 3 nitrogen and oxygen atoms in total. The monoisotopic (exact) mass is 277 g/mol. The Bertz CT molecular complexity index is 548. The first kappa shape index (κ1) is 14.1. The molecule has 1 heterocycles. The summed E-state index contributed by atoms with van der Waals surface area (Å²) in [5.74, 6) is 0. The van der Waals surface area contributed by atoms with Crippen molar-refractivity contribution in [1.29, 1.82) is 0 Å². The maximum atomic E-state index is 6.24. The molecular formula is C15H20ClN3. The maximum absolute atomic E-state index is 6.24. The van der Waals surface area contributed by atoms with Crippen LogP contribution in [-0.4, -0.2) is 16.3 Å². The molecule has 1 aromatic heterocycles. The maximum Gasteiger partial charge on any atom is 0.0751 e. The summed E-state index contributed by atoms with van der Waals surface area (Å²) in [5, 5.41) is 8.69. The first-order valence-corrected chi connectivity index (χ1v) is 7.06. The summed E-state index contributed by atoms with van der Waals surface area (Å²) >= 11 is 6.24. The van der Waals surface area contributed by atoms with E-state index in [1.54, 1.807) is 0 Å². The van der Waals surface area contributed by atoms with Crippen LogP contribution in [0.5, 0.6) is 0 Å². The van der Waals surface area contributed by atoms with Gasteiger partial charge in [0.05, 0.1) is 11.7 Å². The van der Waals surface area contributed by atoms with E-state index >= 15 is 0 Å². The molecule has 19 heavy (non-hydrogen) atoms. The quantitative estimate of drug-likeness (QED) is 0.906. The van der Waals surface area contributed by atoms with Gasteiger partial charge in [0.1, 0.15) is 0 Å². The van der Waals surface area contributed by atoms with E-state index in [0.29, 0.717) is 0 Å². The van der Waals surface area contributed by atoms with Crippen molar-refractivity contribution in [2.24, 2.45) is 0 Å². The van der Waals surface area contributed by atoms with Crippen LogP contribution >= 0.6 is 11.6 Å². The smallest absolute Gasteiger partial charge is 0.0751 e. The van der Waals surface area contributed by atoms with E-state index in [1.165, 1.54) is 11.3 Å². The molecule has 0 saturated heterocycles. The Kier molecular flexibility index (Phi) is 4.61. The number of nitrogens with one attached hydrogen (secondary N) is 1. The third-order valence-corrected chi connectivity index (χ3v) is 3.78. The fraction of sp³-hybridized carbons (Fsp3) is 0.400. The third-order valence-electron chi connectivity index (χ3n) is 3.37. The van der Waals surface area contributed by atoms with Gasteiger partial charge >= 0.3 is 0 Å². The lowest BCUT2D eigenvalue weighted by Crippen LogP contribution is -2.25. The molecule has 1 aromatic carbocycles. The van der Waals surface area contributed by atoms with E-state index in [4.69, 9.17) is 11.6 Å². The van der Waals surface area contributed by atoms with E-state index in [-0.39, 0.29) is 6.04 Å². The number of benzene rings is 1. The first-order valence-electron chi connectivity index (χ1n) is 6.69. The summed E-state index contributed by atoms with van der Waals surface area (Å²) in [6.45, 7) is 8.04. The molecule has 102 valence electrons. The number of halogens is 1. The molecule has 2 rings (SSSR count). The molecule has 1 atom stereocenters. The first-order chi connectivity index (χ1) is 9.19. The topological polar surface area (TPSA) is 29.9 Å². The van der Waals surface area contributed by atoms with E-state index in [2.05, 4.69) is 43.3 Å².